The van der Waals surface area contributed by atoms with E-state index in [1.165, 1.54) is 11.1 Å². The van der Waals surface area contributed by atoms with Crippen LogP contribution in [0.15, 0.2) is 36.9 Å². The molecule has 0 bridgehead atoms. The molecule has 0 aliphatic carbocycles. The predicted octanol–water partition coefficient (Wildman–Crippen LogP) is 2.38. The number of hydrogen-bond donors (Lipinski definition) is 1. The molecular formula is C19H19N7O. The Morgan fingerprint density at radius 1 is 1.22 bits per heavy atom. The van der Waals surface area contributed by atoms with E-state index in [0.29, 0.717) is 12.5 Å². The average molecular weight is 361 g/mol. The molecule has 0 amide bonds. The highest BCUT2D eigenvalue weighted by molar-refractivity contribution is 5.78. The molecule has 8 nitrogen and oxygen atoms in total. The van der Waals surface area contributed by atoms with E-state index in [0.717, 1.165) is 41.2 Å². The summed E-state index contributed by atoms with van der Waals surface area (Å²) in [6.45, 7) is 3.44. The van der Waals surface area contributed by atoms with Crippen LogP contribution in [0, 0.1) is 6.92 Å². The topological polar surface area (TPSA) is 82.2 Å². The number of nitrogens with one attached hydrogen (secondary N) is 1. The molecule has 1 N–H and O–H groups in total. The molecule has 1 aliphatic rings. The maximum atomic E-state index is 5.65. The normalized spacial score (nSPS) is 13.0. The Morgan fingerprint density at radius 2 is 2.15 bits per heavy atom. The third-order valence-electron chi connectivity index (χ3n) is 5.13. The Morgan fingerprint density at radius 3 is 3.00 bits per heavy atom. The first-order chi connectivity index (χ1) is 13.2. The van der Waals surface area contributed by atoms with E-state index in [9.17, 15) is 0 Å². The smallest absolute Gasteiger partial charge is 0.210 e. The molecule has 0 atom stereocenters. The maximum Gasteiger partial charge on any atom is 0.210 e. The average Bonchev–Trinajstić information content (AvgIpc) is 3.41. The highest BCUT2D eigenvalue weighted by Crippen LogP contribution is 2.29. The summed E-state index contributed by atoms with van der Waals surface area (Å²) >= 11 is 0. The van der Waals surface area contributed by atoms with Gasteiger partial charge in [-0.05, 0) is 18.6 Å². The first kappa shape index (κ1) is 15.8. The summed E-state index contributed by atoms with van der Waals surface area (Å²) in [6.07, 6.45) is 6.29. The third kappa shape index (κ3) is 2.52. The fourth-order valence-electron chi connectivity index (χ4n) is 3.54. The van der Waals surface area contributed by atoms with Gasteiger partial charge in [0.15, 0.2) is 5.65 Å². The fraction of sp³-hybridized carbons (Fsp3) is 0.263. The molecule has 0 radical (unpaired) electrons. The van der Waals surface area contributed by atoms with E-state index in [2.05, 4.69) is 31.7 Å². The van der Waals surface area contributed by atoms with Gasteiger partial charge in [-0.1, -0.05) is 12.1 Å². The Bertz CT molecular complexity index is 1140. The lowest BCUT2D eigenvalue weighted by Crippen LogP contribution is -2.08. The van der Waals surface area contributed by atoms with E-state index in [1.807, 2.05) is 47.6 Å². The van der Waals surface area contributed by atoms with E-state index >= 15 is 0 Å². The van der Waals surface area contributed by atoms with Gasteiger partial charge in [0.1, 0.15) is 12.1 Å². The summed E-state index contributed by atoms with van der Waals surface area (Å²) in [5, 5.41) is 16.1. The number of benzene rings is 1. The minimum Gasteiger partial charge on any atom is -0.493 e. The van der Waals surface area contributed by atoms with Crippen LogP contribution in [0.25, 0.3) is 16.8 Å². The van der Waals surface area contributed by atoms with Gasteiger partial charge >= 0.3 is 0 Å². The van der Waals surface area contributed by atoms with E-state index in [4.69, 9.17) is 4.74 Å². The molecule has 136 valence electrons. The molecule has 0 fully saturated rings. The van der Waals surface area contributed by atoms with Gasteiger partial charge in [-0.25, -0.2) is 4.98 Å². The van der Waals surface area contributed by atoms with Crippen LogP contribution in [0.5, 0.6) is 5.75 Å². The molecule has 5 rings (SSSR count). The number of aryl methyl sites for hydroxylation is 1. The summed E-state index contributed by atoms with van der Waals surface area (Å²) in [4.78, 5) is 4.62. The number of rotatable bonds is 4. The lowest BCUT2D eigenvalue weighted by atomic mass is 10.1. The van der Waals surface area contributed by atoms with Crippen molar-refractivity contribution in [3.05, 3.63) is 53.7 Å². The second-order valence-corrected chi connectivity index (χ2v) is 6.63. The summed E-state index contributed by atoms with van der Waals surface area (Å²) < 4.78 is 9.37. The molecule has 3 aromatic heterocycles. The van der Waals surface area contributed by atoms with Crippen molar-refractivity contribution in [1.29, 1.82) is 0 Å². The van der Waals surface area contributed by atoms with Gasteiger partial charge in [0.2, 0.25) is 5.95 Å². The summed E-state index contributed by atoms with van der Waals surface area (Å²) in [5.41, 5.74) is 6.23. The van der Waals surface area contributed by atoms with E-state index in [1.54, 1.807) is 6.33 Å². The second kappa shape index (κ2) is 6.08. The fourth-order valence-corrected chi connectivity index (χ4v) is 3.54. The van der Waals surface area contributed by atoms with Gasteiger partial charge in [-0.2, -0.15) is 5.10 Å². The van der Waals surface area contributed by atoms with Gasteiger partial charge in [-0.15, -0.1) is 10.2 Å². The van der Waals surface area contributed by atoms with Crippen molar-refractivity contribution in [3.63, 3.8) is 0 Å². The Balaban J connectivity index is 1.49. The van der Waals surface area contributed by atoms with Gasteiger partial charge in [0.05, 0.1) is 12.8 Å². The van der Waals surface area contributed by atoms with Crippen LogP contribution in [-0.2, 0) is 20.0 Å². The number of nitrogens with zero attached hydrogens (tertiary/aromatic N) is 6. The van der Waals surface area contributed by atoms with Gasteiger partial charge in [0.25, 0.3) is 0 Å². The first-order valence-corrected chi connectivity index (χ1v) is 8.87. The summed E-state index contributed by atoms with van der Waals surface area (Å²) in [5.74, 6) is 1.69. The molecule has 0 saturated heterocycles. The minimum absolute atomic E-state index is 0.665. The second-order valence-electron chi connectivity index (χ2n) is 6.63. The molecular weight excluding hydrogens is 342 g/mol. The maximum absolute atomic E-state index is 5.65. The first-order valence-electron chi connectivity index (χ1n) is 8.87. The van der Waals surface area contributed by atoms with Gasteiger partial charge in [-0.3, -0.25) is 9.08 Å². The van der Waals surface area contributed by atoms with Crippen molar-refractivity contribution in [2.75, 3.05) is 11.9 Å². The number of hydrogen-bond acceptors (Lipinski definition) is 6. The Kier molecular flexibility index (Phi) is 3.56. The lowest BCUT2D eigenvalue weighted by Gasteiger charge is -2.11. The summed E-state index contributed by atoms with van der Waals surface area (Å²) in [6, 6.07) is 6.17. The quantitative estimate of drug-likeness (QED) is 0.601. The molecule has 4 aromatic rings. The van der Waals surface area contributed by atoms with E-state index < -0.39 is 0 Å². The van der Waals surface area contributed by atoms with Crippen LogP contribution in [0.3, 0.4) is 0 Å². The molecule has 1 aromatic carbocycles. The van der Waals surface area contributed by atoms with Crippen molar-refractivity contribution >= 4 is 11.6 Å². The molecule has 1 aliphatic heterocycles. The Labute approximate surface area is 155 Å². The van der Waals surface area contributed by atoms with E-state index in [-0.39, 0.29) is 0 Å². The number of ether oxygens (including phenoxy) is 1. The summed E-state index contributed by atoms with van der Waals surface area (Å²) in [7, 11) is 1.92. The molecule has 0 unspecified atom stereocenters. The molecule has 0 spiro atoms. The highest BCUT2D eigenvalue weighted by Gasteiger charge is 2.17. The van der Waals surface area contributed by atoms with Crippen LogP contribution in [-0.4, -0.2) is 36.0 Å². The Hall–Kier alpha value is -3.42. The third-order valence-corrected chi connectivity index (χ3v) is 5.13. The molecule has 4 heterocycles. The molecule has 27 heavy (non-hydrogen) atoms. The van der Waals surface area contributed by atoms with Crippen LogP contribution in [0.1, 0.15) is 16.8 Å². The van der Waals surface area contributed by atoms with Crippen LogP contribution in [0.4, 0.5) is 5.95 Å². The van der Waals surface area contributed by atoms with Gasteiger partial charge in [0, 0.05) is 48.6 Å². The zero-order valence-electron chi connectivity index (χ0n) is 15.2. The molecule has 8 heteroatoms. The van der Waals surface area contributed by atoms with Crippen molar-refractivity contribution in [3.8, 4) is 16.9 Å². The number of anilines is 1. The largest absolute Gasteiger partial charge is 0.493 e. The van der Waals surface area contributed by atoms with Crippen molar-refractivity contribution in [1.82, 2.24) is 29.4 Å². The zero-order chi connectivity index (χ0) is 18.4. The van der Waals surface area contributed by atoms with Crippen LogP contribution in [0.2, 0.25) is 0 Å². The van der Waals surface area contributed by atoms with Gasteiger partial charge < -0.3 is 10.1 Å². The lowest BCUT2D eigenvalue weighted by molar-refractivity contribution is 0.357. The van der Waals surface area contributed by atoms with Crippen molar-refractivity contribution < 1.29 is 4.74 Å². The monoisotopic (exact) mass is 361 g/mol. The van der Waals surface area contributed by atoms with Crippen molar-refractivity contribution in [2.24, 2.45) is 7.05 Å². The zero-order valence-corrected chi connectivity index (χ0v) is 15.2. The number of fused-ring (bicyclic) bond motifs is 2. The predicted molar refractivity (Wildman–Crippen MR) is 101 cm³/mol. The van der Waals surface area contributed by atoms with Crippen LogP contribution < -0.4 is 10.1 Å². The van der Waals surface area contributed by atoms with Crippen LogP contribution >= 0.6 is 0 Å². The molecule has 0 saturated carbocycles. The number of aromatic nitrogens is 6. The van der Waals surface area contributed by atoms with Crippen molar-refractivity contribution in [2.45, 2.75) is 19.9 Å². The SMILES string of the molecule is Cc1c(-c2cnc(NCc3cccc4c3CCO4)n3cnnc23)cnn1C. The highest BCUT2D eigenvalue weighted by atomic mass is 16.5. The standard InChI is InChI=1S/C19H19N7O/c1-12-15(10-23-25(12)2)16-9-21-19(26-11-22-24-18(16)26)20-8-13-4-3-5-17-14(13)6-7-27-17/h3-5,9-11H,6-8H2,1-2H3,(H,20,21). The minimum atomic E-state index is 0.665.